The van der Waals surface area contributed by atoms with Crippen molar-refractivity contribution in [1.82, 2.24) is 10.3 Å². The van der Waals surface area contributed by atoms with Gasteiger partial charge in [-0.1, -0.05) is 6.07 Å². The van der Waals surface area contributed by atoms with Gasteiger partial charge in [0.2, 0.25) is 0 Å². The Kier molecular flexibility index (Phi) is 7.27. The van der Waals surface area contributed by atoms with Gasteiger partial charge in [-0.25, -0.2) is 4.98 Å². The fourth-order valence-corrected chi connectivity index (χ4v) is 1.83. The van der Waals surface area contributed by atoms with Crippen molar-refractivity contribution in [3.63, 3.8) is 0 Å². The minimum Gasteiger partial charge on any atom is -0.481 e. The number of pyridine rings is 1. The Hall–Kier alpha value is -1.66. The van der Waals surface area contributed by atoms with E-state index in [-0.39, 0.29) is 0 Å². The largest absolute Gasteiger partial charge is 0.481 e. The van der Waals surface area contributed by atoms with Gasteiger partial charge in [0.25, 0.3) is 0 Å². The number of anilines is 1. The summed E-state index contributed by atoms with van der Waals surface area (Å²) in [6.45, 7) is 6.29. The lowest BCUT2D eigenvalue weighted by atomic mass is 9.90. The number of carboxylic acid groups (broad SMARTS) is 1. The lowest BCUT2D eigenvalue weighted by Crippen LogP contribution is -2.28. The van der Waals surface area contributed by atoms with E-state index in [0.717, 1.165) is 17.9 Å². The number of rotatable bonds is 10. The first kappa shape index (κ1) is 18.4. The highest BCUT2D eigenvalue weighted by Crippen LogP contribution is 2.19. The number of ether oxygens (including phenoxy) is 1. The quantitative estimate of drug-likeness (QED) is 0.642. The standard InChI is InChI=1S/C16H27N3O3/c1-16(2,15(20)21)7-8-17-11-13-5-6-14(18-12-13)19(3)9-10-22-4/h5-6,12,17H,7-11H2,1-4H3,(H,20,21). The molecule has 0 saturated carbocycles. The molecule has 0 aliphatic rings. The average Bonchev–Trinajstić information content (AvgIpc) is 2.49. The van der Waals surface area contributed by atoms with Crippen LogP contribution in [-0.4, -0.2) is 49.9 Å². The molecule has 0 aromatic carbocycles. The monoisotopic (exact) mass is 309 g/mol. The molecule has 2 N–H and O–H groups in total. The van der Waals surface area contributed by atoms with E-state index >= 15 is 0 Å². The van der Waals surface area contributed by atoms with Gasteiger partial charge in [-0.15, -0.1) is 0 Å². The van der Waals surface area contributed by atoms with Crippen molar-refractivity contribution in [2.45, 2.75) is 26.8 Å². The van der Waals surface area contributed by atoms with Gasteiger partial charge in [-0.05, 0) is 38.4 Å². The number of nitrogens with one attached hydrogen (secondary N) is 1. The van der Waals surface area contributed by atoms with Gasteiger partial charge >= 0.3 is 5.97 Å². The van der Waals surface area contributed by atoms with E-state index in [1.165, 1.54) is 0 Å². The molecule has 0 atom stereocenters. The number of nitrogens with zero attached hydrogens (tertiary/aromatic N) is 2. The van der Waals surface area contributed by atoms with Gasteiger partial charge in [0.1, 0.15) is 5.82 Å². The predicted octanol–water partition coefficient (Wildman–Crippen LogP) is 1.75. The zero-order chi connectivity index (χ0) is 16.6. The SMILES string of the molecule is COCCN(C)c1ccc(CNCCC(C)(C)C(=O)O)cn1. The van der Waals surface area contributed by atoms with Gasteiger partial charge in [-0.3, -0.25) is 4.79 Å². The molecule has 1 heterocycles. The van der Waals surface area contributed by atoms with Crippen LogP contribution in [-0.2, 0) is 16.1 Å². The first-order chi connectivity index (χ1) is 10.4. The molecule has 1 rings (SSSR count). The first-order valence-corrected chi connectivity index (χ1v) is 7.46. The summed E-state index contributed by atoms with van der Waals surface area (Å²) in [6, 6.07) is 4.01. The first-order valence-electron chi connectivity index (χ1n) is 7.46. The molecule has 0 fully saturated rings. The van der Waals surface area contributed by atoms with Crippen molar-refractivity contribution in [3.05, 3.63) is 23.9 Å². The Morgan fingerprint density at radius 1 is 1.45 bits per heavy atom. The summed E-state index contributed by atoms with van der Waals surface area (Å²) in [5, 5.41) is 12.3. The molecule has 6 nitrogen and oxygen atoms in total. The molecule has 1 aromatic rings. The van der Waals surface area contributed by atoms with Crippen LogP contribution in [0.1, 0.15) is 25.8 Å². The smallest absolute Gasteiger partial charge is 0.309 e. The molecule has 0 unspecified atom stereocenters. The normalized spacial score (nSPS) is 11.5. The summed E-state index contributed by atoms with van der Waals surface area (Å²) in [6.07, 6.45) is 2.43. The van der Waals surface area contributed by atoms with Gasteiger partial charge < -0.3 is 20.1 Å². The molecule has 6 heteroatoms. The van der Waals surface area contributed by atoms with Crippen LogP contribution in [0.25, 0.3) is 0 Å². The second-order valence-electron chi connectivity index (χ2n) is 6.05. The van der Waals surface area contributed by atoms with E-state index in [2.05, 4.69) is 10.3 Å². The highest BCUT2D eigenvalue weighted by atomic mass is 16.5. The van der Waals surface area contributed by atoms with E-state index in [0.29, 0.717) is 26.1 Å². The Balaban J connectivity index is 2.37. The highest BCUT2D eigenvalue weighted by Gasteiger charge is 2.25. The molecular formula is C16H27N3O3. The fraction of sp³-hybridized carbons (Fsp3) is 0.625. The van der Waals surface area contributed by atoms with Crippen LogP contribution in [0.2, 0.25) is 0 Å². The Bertz CT molecular complexity index is 460. The average molecular weight is 309 g/mol. The zero-order valence-electron chi connectivity index (χ0n) is 13.9. The van der Waals surface area contributed by atoms with Gasteiger partial charge in [0.05, 0.1) is 12.0 Å². The predicted molar refractivity (Wildman–Crippen MR) is 87.1 cm³/mol. The maximum Gasteiger partial charge on any atom is 0.309 e. The second kappa shape index (κ2) is 8.70. The number of hydrogen-bond acceptors (Lipinski definition) is 5. The van der Waals surface area contributed by atoms with Crippen LogP contribution in [0.4, 0.5) is 5.82 Å². The van der Waals surface area contributed by atoms with Crippen LogP contribution in [0.3, 0.4) is 0 Å². The molecule has 124 valence electrons. The lowest BCUT2D eigenvalue weighted by Gasteiger charge is -2.19. The van der Waals surface area contributed by atoms with Crippen molar-refractivity contribution in [3.8, 4) is 0 Å². The third-order valence-corrected chi connectivity index (χ3v) is 3.67. The number of carbonyl (C=O) groups is 1. The van der Waals surface area contributed by atoms with Gasteiger partial charge in [-0.2, -0.15) is 0 Å². The number of methoxy groups -OCH3 is 1. The molecule has 0 aliphatic heterocycles. The molecule has 0 saturated heterocycles. The van der Waals surface area contributed by atoms with Gasteiger partial charge in [0, 0.05) is 33.4 Å². The summed E-state index contributed by atoms with van der Waals surface area (Å²) in [5.74, 6) is 0.146. The van der Waals surface area contributed by atoms with E-state index in [1.807, 2.05) is 30.3 Å². The summed E-state index contributed by atoms with van der Waals surface area (Å²) in [5.41, 5.74) is 0.385. The molecule has 0 bridgehead atoms. The van der Waals surface area contributed by atoms with E-state index in [9.17, 15) is 4.79 Å². The number of aliphatic carboxylic acids is 1. The van der Waals surface area contributed by atoms with Gasteiger partial charge in [0.15, 0.2) is 0 Å². The second-order valence-corrected chi connectivity index (χ2v) is 6.05. The Morgan fingerprint density at radius 2 is 2.18 bits per heavy atom. The lowest BCUT2D eigenvalue weighted by molar-refractivity contribution is -0.147. The van der Waals surface area contributed by atoms with E-state index in [1.54, 1.807) is 21.0 Å². The van der Waals surface area contributed by atoms with E-state index in [4.69, 9.17) is 9.84 Å². The summed E-state index contributed by atoms with van der Waals surface area (Å²) in [4.78, 5) is 17.5. The molecule has 0 amide bonds. The van der Waals surface area contributed by atoms with Crippen molar-refractivity contribution in [1.29, 1.82) is 0 Å². The van der Waals surface area contributed by atoms with Crippen LogP contribution < -0.4 is 10.2 Å². The number of aromatic nitrogens is 1. The molecule has 0 spiro atoms. The van der Waals surface area contributed by atoms with Crippen molar-refractivity contribution >= 4 is 11.8 Å². The molecule has 22 heavy (non-hydrogen) atoms. The molecule has 1 aromatic heterocycles. The van der Waals surface area contributed by atoms with Crippen molar-refractivity contribution in [2.24, 2.45) is 5.41 Å². The third-order valence-electron chi connectivity index (χ3n) is 3.67. The van der Waals surface area contributed by atoms with Crippen LogP contribution >= 0.6 is 0 Å². The minimum atomic E-state index is -0.764. The minimum absolute atomic E-state index is 0.591. The Labute approximate surface area is 132 Å². The van der Waals surface area contributed by atoms with Crippen LogP contribution in [0.5, 0.6) is 0 Å². The molecule has 0 aliphatic carbocycles. The van der Waals surface area contributed by atoms with E-state index < -0.39 is 11.4 Å². The Morgan fingerprint density at radius 3 is 2.73 bits per heavy atom. The van der Waals surface area contributed by atoms with Crippen molar-refractivity contribution < 1.29 is 14.6 Å². The summed E-state index contributed by atoms with van der Waals surface area (Å²) in [7, 11) is 3.66. The maximum absolute atomic E-state index is 11.0. The summed E-state index contributed by atoms with van der Waals surface area (Å²) >= 11 is 0. The molecule has 0 radical (unpaired) electrons. The maximum atomic E-state index is 11.0. The van der Waals surface area contributed by atoms with Crippen LogP contribution in [0, 0.1) is 5.41 Å². The van der Waals surface area contributed by atoms with Crippen LogP contribution in [0.15, 0.2) is 18.3 Å². The topological polar surface area (TPSA) is 74.7 Å². The van der Waals surface area contributed by atoms with Crippen molar-refractivity contribution in [2.75, 3.05) is 38.8 Å². The summed E-state index contributed by atoms with van der Waals surface area (Å²) < 4.78 is 5.05. The third kappa shape index (κ3) is 5.99. The zero-order valence-corrected chi connectivity index (χ0v) is 13.9. The number of likely N-dealkylation sites (N-methyl/N-ethyl adjacent to an activating group) is 1. The molecular weight excluding hydrogens is 282 g/mol. The number of hydrogen-bond donors (Lipinski definition) is 2. The highest BCUT2D eigenvalue weighted by molar-refractivity contribution is 5.73. The number of carboxylic acids is 1. The fourth-order valence-electron chi connectivity index (χ4n) is 1.83.